The summed E-state index contributed by atoms with van der Waals surface area (Å²) < 4.78 is 10.4. The fraction of sp³-hybridized carbons (Fsp3) is 0.235. The first-order valence-electron chi connectivity index (χ1n) is 7.53. The van der Waals surface area contributed by atoms with Crippen molar-refractivity contribution in [2.24, 2.45) is 0 Å². The third-order valence-electron chi connectivity index (χ3n) is 3.48. The van der Waals surface area contributed by atoms with Gasteiger partial charge in [0.2, 0.25) is 5.91 Å². The van der Waals surface area contributed by atoms with E-state index >= 15 is 0 Å². The maximum absolute atomic E-state index is 12.0. The lowest BCUT2D eigenvalue weighted by Crippen LogP contribution is -2.27. The zero-order valence-corrected chi connectivity index (χ0v) is 13.8. The number of aromatic nitrogens is 2. The van der Waals surface area contributed by atoms with Crippen LogP contribution in [0.5, 0.6) is 0 Å². The van der Waals surface area contributed by atoms with E-state index in [2.05, 4.69) is 15.5 Å². The summed E-state index contributed by atoms with van der Waals surface area (Å²) in [6.07, 6.45) is 2.47. The molecule has 2 heterocycles. The highest BCUT2D eigenvalue weighted by atomic mass is 35.5. The van der Waals surface area contributed by atoms with Gasteiger partial charge in [0.15, 0.2) is 5.82 Å². The van der Waals surface area contributed by atoms with Gasteiger partial charge < -0.3 is 14.3 Å². The van der Waals surface area contributed by atoms with Gasteiger partial charge in [-0.15, -0.1) is 0 Å². The van der Waals surface area contributed by atoms with Crippen LogP contribution in [0.2, 0.25) is 5.02 Å². The molecule has 0 aliphatic heterocycles. The van der Waals surface area contributed by atoms with Crippen LogP contribution in [-0.2, 0) is 11.2 Å². The molecule has 124 valence electrons. The number of furan rings is 1. The van der Waals surface area contributed by atoms with Crippen LogP contribution >= 0.6 is 11.6 Å². The molecule has 1 aromatic carbocycles. The maximum atomic E-state index is 12.0. The molecule has 24 heavy (non-hydrogen) atoms. The first-order valence-corrected chi connectivity index (χ1v) is 7.91. The lowest BCUT2D eigenvalue weighted by Gasteiger charge is -2.09. The SMILES string of the molecule is C[C@@H](NC(=O)CCc1ccco1)c1noc(-c2ccc(Cl)cc2)n1. The number of carbonyl (C=O) groups excluding carboxylic acids is 1. The number of nitrogens with zero attached hydrogens (tertiary/aromatic N) is 2. The molecule has 0 spiro atoms. The number of carbonyl (C=O) groups is 1. The van der Waals surface area contributed by atoms with Crippen molar-refractivity contribution in [3.8, 4) is 11.5 Å². The smallest absolute Gasteiger partial charge is 0.257 e. The molecule has 2 aromatic heterocycles. The van der Waals surface area contributed by atoms with Crippen molar-refractivity contribution >= 4 is 17.5 Å². The fourth-order valence-corrected chi connectivity index (χ4v) is 2.32. The van der Waals surface area contributed by atoms with Crippen LogP contribution in [0.25, 0.3) is 11.5 Å². The van der Waals surface area contributed by atoms with Crippen molar-refractivity contribution < 1.29 is 13.7 Å². The normalized spacial score (nSPS) is 12.1. The Balaban J connectivity index is 1.58. The van der Waals surface area contributed by atoms with Crippen molar-refractivity contribution in [1.29, 1.82) is 0 Å². The number of rotatable bonds is 6. The quantitative estimate of drug-likeness (QED) is 0.735. The van der Waals surface area contributed by atoms with E-state index in [1.807, 2.05) is 6.07 Å². The number of hydrogen-bond donors (Lipinski definition) is 1. The van der Waals surface area contributed by atoms with Gasteiger partial charge in [-0.05, 0) is 43.3 Å². The molecule has 1 amide bonds. The van der Waals surface area contributed by atoms with E-state index in [1.54, 1.807) is 43.5 Å². The number of aryl methyl sites for hydroxylation is 1. The van der Waals surface area contributed by atoms with Gasteiger partial charge in [0.05, 0.1) is 12.3 Å². The molecular weight excluding hydrogens is 330 g/mol. The van der Waals surface area contributed by atoms with Crippen molar-refractivity contribution in [3.05, 3.63) is 59.3 Å². The summed E-state index contributed by atoms with van der Waals surface area (Å²) in [5.41, 5.74) is 0.773. The standard InChI is InChI=1S/C17H16ClN3O3/c1-11(19-15(22)9-8-14-3-2-10-23-14)16-20-17(24-21-16)12-4-6-13(18)7-5-12/h2-7,10-11H,8-9H2,1H3,(H,19,22)/t11-/m1/s1. The van der Waals surface area contributed by atoms with Gasteiger partial charge in [0, 0.05) is 23.4 Å². The number of amides is 1. The molecule has 0 fully saturated rings. The monoisotopic (exact) mass is 345 g/mol. The van der Waals surface area contributed by atoms with Crippen LogP contribution in [0.3, 0.4) is 0 Å². The molecule has 0 unspecified atom stereocenters. The predicted octanol–water partition coefficient (Wildman–Crippen LogP) is 3.79. The van der Waals surface area contributed by atoms with Crippen LogP contribution in [-0.4, -0.2) is 16.0 Å². The third kappa shape index (κ3) is 4.02. The highest BCUT2D eigenvalue weighted by molar-refractivity contribution is 6.30. The van der Waals surface area contributed by atoms with Gasteiger partial charge in [-0.3, -0.25) is 4.79 Å². The lowest BCUT2D eigenvalue weighted by molar-refractivity contribution is -0.121. The van der Waals surface area contributed by atoms with E-state index in [0.717, 1.165) is 11.3 Å². The van der Waals surface area contributed by atoms with Crippen molar-refractivity contribution in [2.75, 3.05) is 0 Å². The molecular formula is C17H16ClN3O3. The molecule has 3 rings (SSSR count). The van der Waals surface area contributed by atoms with Crippen molar-refractivity contribution in [3.63, 3.8) is 0 Å². The van der Waals surface area contributed by atoms with Crippen LogP contribution in [0.1, 0.15) is 31.0 Å². The van der Waals surface area contributed by atoms with Crippen molar-refractivity contribution in [2.45, 2.75) is 25.8 Å². The molecule has 0 aliphatic carbocycles. The molecule has 7 heteroatoms. The topological polar surface area (TPSA) is 81.2 Å². The van der Waals surface area contributed by atoms with Crippen LogP contribution < -0.4 is 5.32 Å². The van der Waals surface area contributed by atoms with E-state index in [-0.39, 0.29) is 11.9 Å². The fourth-order valence-electron chi connectivity index (χ4n) is 2.19. The first-order chi connectivity index (χ1) is 11.6. The largest absolute Gasteiger partial charge is 0.469 e. The second-order valence-electron chi connectivity index (χ2n) is 5.33. The van der Waals surface area contributed by atoms with Gasteiger partial charge in [-0.25, -0.2) is 0 Å². The highest BCUT2D eigenvalue weighted by Gasteiger charge is 2.17. The molecule has 0 saturated heterocycles. The minimum atomic E-state index is -0.348. The number of nitrogens with one attached hydrogen (secondary N) is 1. The Morgan fingerprint density at radius 3 is 2.79 bits per heavy atom. The molecule has 3 aromatic rings. The summed E-state index contributed by atoms with van der Waals surface area (Å²) in [4.78, 5) is 16.3. The predicted molar refractivity (Wildman–Crippen MR) is 88.3 cm³/mol. The molecule has 6 nitrogen and oxygen atoms in total. The summed E-state index contributed by atoms with van der Waals surface area (Å²) in [6.45, 7) is 1.81. The van der Waals surface area contributed by atoms with Crippen LogP contribution in [0.4, 0.5) is 0 Å². The second-order valence-corrected chi connectivity index (χ2v) is 5.77. The Morgan fingerprint density at radius 1 is 1.29 bits per heavy atom. The molecule has 0 bridgehead atoms. The zero-order valence-electron chi connectivity index (χ0n) is 13.0. The molecule has 0 aliphatic rings. The first kappa shape index (κ1) is 16.3. The maximum Gasteiger partial charge on any atom is 0.257 e. The Labute approximate surface area is 143 Å². The Morgan fingerprint density at radius 2 is 2.08 bits per heavy atom. The van der Waals surface area contributed by atoms with Gasteiger partial charge in [-0.1, -0.05) is 16.8 Å². The molecule has 1 atom stereocenters. The minimum absolute atomic E-state index is 0.100. The molecule has 0 radical (unpaired) electrons. The van der Waals surface area contributed by atoms with Crippen LogP contribution in [0.15, 0.2) is 51.6 Å². The van der Waals surface area contributed by atoms with Crippen LogP contribution in [0, 0.1) is 0 Å². The zero-order chi connectivity index (χ0) is 16.9. The Bertz CT molecular complexity index is 797. The Hall–Kier alpha value is -2.60. The van der Waals surface area contributed by atoms with E-state index in [9.17, 15) is 4.79 Å². The summed E-state index contributed by atoms with van der Waals surface area (Å²) in [7, 11) is 0. The summed E-state index contributed by atoms with van der Waals surface area (Å²) >= 11 is 5.86. The van der Waals surface area contributed by atoms with Gasteiger partial charge in [0.1, 0.15) is 5.76 Å². The van der Waals surface area contributed by atoms with Gasteiger partial charge in [0.25, 0.3) is 5.89 Å². The minimum Gasteiger partial charge on any atom is -0.469 e. The Kier molecular flexibility index (Phi) is 4.96. The van der Waals surface area contributed by atoms with Gasteiger partial charge >= 0.3 is 0 Å². The molecule has 0 saturated carbocycles. The van der Waals surface area contributed by atoms with E-state index in [4.69, 9.17) is 20.5 Å². The summed E-state index contributed by atoms with van der Waals surface area (Å²) in [6, 6.07) is 10.4. The third-order valence-corrected chi connectivity index (χ3v) is 3.73. The second kappa shape index (κ2) is 7.31. The highest BCUT2D eigenvalue weighted by Crippen LogP contribution is 2.21. The summed E-state index contributed by atoms with van der Waals surface area (Å²) in [5.74, 6) is 1.49. The lowest BCUT2D eigenvalue weighted by atomic mass is 10.2. The average Bonchev–Trinajstić information content (AvgIpc) is 3.25. The van der Waals surface area contributed by atoms with Gasteiger partial charge in [-0.2, -0.15) is 4.98 Å². The molecule has 1 N–H and O–H groups in total. The van der Waals surface area contributed by atoms with E-state index in [0.29, 0.717) is 29.6 Å². The van der Waals surface area contributed by atoms with E-state index in [1.165, 1.54) is 0 Å². The number of halogens is 1. The number of benzene rings is 1. The summed E-state index contributed by atoms with van der Waals surface area (Å²) in [5, 5.41) is 7.41. The van der Waals surface area contributed by atoms with Crippen molar-refractivity contribution in [1.82, 2.24) is 15.5 Å². The number of hydrogen-bond acceptors (Lipinski definition) is 5. The average molecular weight is 346 g/mol. The van der Waals surface area contributed by atoms with E-state index < -0.39 is 0 Å².